The predicted octanol–water partition coefficient (Wildman–Crippen LogP) is 3.90. The van der Waals surface area contributed by atoms with Gasteiger partial charge in [-0.2, -0.15) is 18.3 Å². The van der Waals surface area contributed by atoms with Gasteiger partial charge in [0.15, 0.2) is 0 Å². The van der Waals surface area contributed by atoms with Crippen LogP contribution in [0.1, 0.15) is 66.1 Å². The van der Waals surface area contributed by atoms with E-state index in [-0.39, 0.29) is 29.7 Å². The average molecular weight is 446 g/mol. The number of hydrogen-bond acceptors (Lipinski definition) is 3. The van der Waals surface area contributed by atoms with Crippen molar-refractivity contribution >= 4 is 11.8 Å². The van der Waals surface area contributed by atoms with Crippen LogP contribution in [0.4, 0.5) is 13.2 Å². The van der Waals surface area contributed by atoms with Crippen LogP contribution in [0.2, 0.25) is 0 Å². The lowest BCUT2D eigenvalue weighted by Crippen LogP contribution is -2.46. The van der Waals surface area contributed by atoms with Gasteiger partial charge in [-0.25, -0.2) is 4.68 Å². The van der Waals surface area contributed by atoms with Gasteiger partial charge in [-0.3, -0.25) is 9.59 Å². The molecule has 6 nitrogen and oxygen atoms in total. The average Bonchev–Trinajstić information content (AvgIpc) is 3.72. The Bertz CT molecular complexity index is 1040. The summed E-state index contributed by atoms with van der Waals surface area (Å²) in [4.78, 5) is 27.6. The van der Waals surface area contributed by atoms with E-state index < -0.39 is 11.7 Å². The molecule has 0 radical (unpaired) electrons. The third-order valence-electron chi connectivity index (χ3n) is 6.42. The zero-order valence-electron chi connectivity index (χ0n) is 17.6. The fourth-order valence-corrected chi connectivity index (χ4v) is 4.38. The number of carbonyl (C=O) groups is 2. The first-order valence-corrected chi connectivity index (χ1v) is 11.2. The number of carbonyl (C=O) groups excluding carboxylic acids is 2. The Kier molecular flexibility index (Phi) is 5.22. The van der Waals surface area contributed by atoms with Crippen LogP contribution in [0.5, 0.6) is 0 Å². The van der Waals surface area contributed by atoms with Crippen LogP contribution in [0.15, 0.2) is 30.5 Å². The van der Waals surface area contributed by atoms with E-state index in [9.17, 15) is 22.8 Å². The minimum Gasteiger partial charge on any atom is -0.353 e. The minimum atomic E-state index is -4.45. The predicted molar refractivity (Wildman–Crippen MR) is 110 cm³/mol. The van der Waals surface area contributed by atoms with Gasteiger partial charge >= 0.3 is 6.18 Å². The standard InChI is InChI=1S/C23H25F3N4O2/c24-23(25,26)16-4-1-5-18(11-16)30-20(14-6-7-14)19(12-27-30)22(32)29-10-2-3-15(13-29)21(31)28-17-8-9-17/h1,4-5,11-12,14-15,17H,2-3,6-10,13H2,(H,28,31). The molecular weight excluding hydrogens is 421 g/mol. The summed E-state index contributed by atoms with van der Waals surface area (Å²) in [6, 6.07) is 5.29. The largest absolute Gasteiger partial charge is 0.416 e. The van der Waals surface area contributed by atoms with Gasteiger partial charge in [0.2, 0.25) is 5.91 Å². The highest BCUT2D eigenvalue weighted by molar-refractivity contribution is 5.96. The second kappa shape index (κ2) is 7.94. The molecule has 1 atom stereocenters. The van der Waals surface area contributed by atoms with Gasteiger partial charge in [0.25, 0.3) is 5.91 Å². The van der Waals surface area contributed by atoms with Gasteiger partial charge in [0, 0.05) is 25.0 Å². The van der Waals surface area contributed by atoms with Gasteiger partial charge in [-0.15, -0.1) is 0 Å². The van der Waals surface area contributed by atoms with Crippen molar-refractivity contribution < 1.29 is 22.8 Å². The SMILES string of the molecule is O=C(NC1CC1)C1CCCN(C(=O)c2cnn(-c3cccc(C(F)(F)F)c3)c2C2CC2)C1. The van der Waals surface area contributed by atoms with E-state index in [1.165, 1.54) is 16.9 Å². The second-order valence-corrected chi connectivity index (χ2v) is 9.05. The number of hydrogen-bond donors (Lipinski definition) is 1. The number of aromatic nitrogens is 2. The van der Waals surface area contributed by atoms with Crippen LogP contribution >= 0.6 is 0 Å². The Labute approximate surface area is 183 Å². The number of nitrogens with zero attached hydrogens (tertiary/aromatic N) is 3. The summed E-state index contributed by atoms with van der Waals surface area (Å²) < 4.78 is 41.1. The smallest absolute Gasteiger partial charge is 0.353 e. The molecule has 170 valence electrons. The normalized spacial score (nSPS) is 21.5. The first-order valence-electron chi connectivity index (χ1n) is 11.2. The molecule has 2 saturated carbocycles. The Hall–Kier alpha value is -2.84. The van der Waals surface area contributed by atoms with Gasteiger partial charge in [0.05, 0.1) is 34.6 Å². The molecule has 1 aliphatic heterocycles. The molecule has 2 amide bonds. The van der Waals surface area contributed by atoms with Gasteiger partial charge in [-0.05, 0) is 56.7 Å². The molecule has 32 heavy (non-hydrogen) atoms. The topological polar surface area (TPSA) is 67.2 Å². The number of alkyl halides is 3. The van der Waals surface area contributed by atoms with Crippen LogP contribution in [0.3, 0.4) is 0 Å². The third kappa shape index (κ3) is 4.25. The highest BCUT2D eigenvalue weighted by atomic mass is 19.4. The van der Waals surface area contributed by atoms with Crippen molar-refractivity contribution in [1.82, 2.24) is 20.0 Å². The number of rotatable bonds is 5. The maximum Gasteiger partial charge on any atom is 0.416 e. The summed E-state index contributed by atoms with van der Waals surface area (Å²) in [6.45, 7) is 0.918. The van der Waals surface area contributed by atoms with Crippen molar-refractivity contribution in [3.8, 4) is 5.69 Å². The monoisotopic (exact) mass is 446 g/mol. The van der Waals surface area contributed by atoms with E-state index in [4.69, 9.17) is 0 Å². The minimum absolute atomic E-state index is 0.00655. The van der Waals surface area contributed by atoms with Gasteiger partial charge in [-0.1, -0.05) is 6.07 Å². The molecule has 1 aromatic carbocycles. The number of amides is 2. The molecular formula is C23H25F3N4O2. The summed E-state index contributed by atoms with van der Waals surface area (Å²) in [7, 11) is 0. The molecule has 1 saturated heterocycles. The molecule has 2 heterocycles. The van der Waals surface area contributed by atoms with Crippen LogP contribution < -0.4 is 5.32 Å². The number of likely N-dealkylation sites (tertiary alicyclic amines) is 1. The zero-order valence-corrected chi connectivity index (χ0v) is 17.6. The van der Waals surface area contributed by atoms with Crippen molar-refractivity contribution in [3.05, 3.63) is 47.3 Å². The maximum absolute atomic E-state index is 13.4. The zero-order chi connectivity index (χ0) is 22.5. The molecule has 9 heteroatoms. The Morgan fingerprint density at radius 1 is 1.09 bits per heavy atom. The summed E-state index contributed by atoms with van der Waals surface area (Å²) in [6.07, 6.45) is 2.28. The van der Waals surface area contributed by atoms with E-state index in [1.807, 2.05) is 0 Å². The molecule has 5 rings (SSSR count). The Balaban J connectivity index is 1.40. The molecule has 1 unspecified atom stereocenters. The first kappa shape index (κ1) is 21.0. The Morgan fingerprint density at radius 2 is 1.88 bits per heavy atom. The lowest BCUT2D eigenvalue weighted by atomic mass is 9.96. The summed E-state index contributed by atoms with van der Waals surface area (Å²) in [5, 5.41) is 7.33. The van der Waals surface area contributed by atoms with E-state index in [1.54, 1.807) is 11.0 Å². The van der Waals surface area contributed by atoms with E-state index >= 15 is 0 Å². The van der Waals surface area contributed by atoms with Crippen molar-refractivity contribution in [2.75, 3.05) is 13.1 Å². The van der Waals surface area contributed by atoms with E-state index in [2.05, 4.69) is 10.4 Å². The lowest BCUT2D eigenvalue weighted by molar-refractivity contribution is -0.137. The van der Waals surface area contributed by atoms with Gasteiger partial charge in [0.1, 0.15) is 0 Å². The summed E-state index contributed by atoms with van der Waals surface area (Å²) in [5.41, 5.74) is 0.633. The maximum atomic E-state index is 13.4. The van der Waals surface area contributed by atoms with Crippen LogP contribution in [0.25, 0.3) is 5.69 Å². The quantitative estimate of drug-likeness (QED) is 0.758. The summed E-state index contributed by atoms with van der Waals surface area (Å²) in [5.74, 6) is -0.318. The number of halogens is 3. The Morgan fingerprint density at radius 3 is 2.56 bits per heavy atom. The molecule has 0 bridgehead atoms. The molecule has 2 aromatic rings. The molecule has 1 aromatic heterocycles. The molecule has 3 fully saturated rings. The van der Waals surface area contributed by atoms with Crippen LogP contribution in [-0.4, -0.2) is 45.6 Å². The highest BCUT2D eigenvalue weighted by Crippen LogP contribution is 2.43. The lowest BCUT2D eigenvalue weighted by Gasteiger charge is -2.32. The molecule has 1 N–H and O–H groups in total. The molecule has 0 spiro atoms. The fraction of sp³-hybridized carbons (Fsp3) is 0.522. The first-order chi connectivity index (χ1) is 15.3. The van der Waals surface area contributed by atoms with Crippen molar-refractivity contribution in [1.29, 1.82) is 0 Å². The van der Waals surface area contributed by atoms with Crippen LogP contribution in [-0.2, 0) is 11.0 Å². The van der Waals surface area contributed by atoms with Crippen LogP contribution in [0, 0.1) is 5.92 Å². The summed E-state index contributed by atoms with van der Waals surface area (Å²) >= 11 is 0. The fourth-order valence-electron chi connectivity index (χ4n) is 4.38. The second-order valence-electron chi connectivity index (χ2n) is 9.05. The third-order valence-corrected chi connectivity index (χ3v) is 6.42. The van der Waals surface area contributed by atoms with Crippen molar-refractivity contribution in [2.45, 2.75) is 56.7 Å². The highest BCUT2D eigenvalue weighted by Gasteiger charge is 2.37. The number of piperidine rings is 1. The van der Waals surface area contributed by atoms with Crippen molar-refractivity contribution in [3.63, 3.8) is 0 Å². The van der Waals surface area contributed by atoms with Gasteiger partial charge < -0.3 is 10.2 Å². The van der Waals surface area contributed by atoms with Crippen molar-refractivity contribution in [2.24, 2.45) is 5.92 Å². The molecule has 3 aliphatic rings. The number of benzene rings is 1. The molecule has 2 aliphatic carbocycles. The van der Waals surface area contributed by atoms with E-state index in [0.29, 0.717) is 30.0 Å². The van der Waals surface area contributed by atoms with E-state index in [0.717, 1.165) is 50.7 Å². The number of nitrogens with one attached hydrogen (secondary N) is 1.